The van der Waals surface area contributed by atoms with Crippen LogP contribution in [-0.4, -0.2) is 36.0 Å². The fourth-order valence-corrected chi connectivity index (χ4v) is 3.12. The third kappa shape index (κ3) is 5.34. The van der Waals surface area contributed by atoms with E-state index in [4.69, 9.17) is 4.74 Å². The second-order valence-electron chi connectivity index (χ2n) is 6.49. The molecular formula is C21H24N2O3. The van der Waals surface area contributed by atoms with Crippen LogP contribution in [0.5, 0.6) is 5.75 Å². The van der Waals surface area contributed by atoms with Crippen molar-refractivity contribution >= 4 is 12.0 Å². The molecular weight excluding hydrogens is 328 g/mol. The Hall–Kier alpha value is -2.82. The summed E-state index contributed by atoms with van der Waals surface area (Å²) < 4.78 is 5.25. The summed E-state index contributed by atoms with van der Waals surface area (Å²) in [6.07, 6.45) is 2.35. The van der Waals surface area contributed by atoms with Gasteiger partial charge in [-0.1, -0.05) is 48.5 Å². The van der Waals surface area contributed by atoms with E-state index < -0.39 is 6.09 Å². The Morgan fingerprint density at radius 2 is 1.58 bits per heavy atom. The van der Waals surface area contributed by atoms with E-state index in [2.05, 4.69) is 5.32 Å². The third-order valence-electron chi connectivity index (χ3n) is 4.59. The van der Waals surface area contributed by atoms with E-state index in [9.17, 15) is 9.59 Å². The minimum atomic E-state index is -0.440. The SMILES string of the molecule is O=C(NC1CCN(C(=O)CCc2ccccc2)CC1)Oc1ccccc1. The van der Waals surface area contributed by atoms with Gasteiger partial charge in [-0.3, -0.25) is 4.79 Å². The number of nitrogens with zero attached hydrogens (tertiary/aromatic N) is 1. The standard InChI is InChI=1S/C21H24N2O3/c24-20(12-11-17-7-3-1-4-8-17)23-15-13-18(14-16-23)22-21(25)26-19-9-5-2-6-10-19/h1-10,18H,11-16H2,(H,22,25). The van der Waals surface area contributed by atoms with Gasteiger partial charge in [-0.05, 0) is 37.0 Å². The number of nitrogens with one attached hydrogen (secondary N) is 1. The van der Waals surface area contributed by atoms with Gasteiger partial charge in [0.15, 0.2) is 0 Å². The summed E-state index contributed by atoms with van der Waals surface area (Å²) in [7, 11) is 0. The van der Waals surface area contributed by atoms with Gasteiger partial charge in [0.05, 0.1) is 0 Å². The van der Waals surface area contributed by atoms with Crippen molar-refractivity contribution in [2.75, 3.05) is 13.1 Å². The summed E-state index contributed by atoms with van der Waals surface area (Å²) in [5.74, 6) is 0.706. The molecule has 1 saturated heterocycles. The van der Waals surface area contributed by atoms with Crippen molar-refractivity contribution in [3.63, 3.8) is 0 Å². The molecule has 1 N–H and O–H groups in total. The van der Waals surface area contributed by atoms with Crippen molar-refractivity contribution in [2.45, 2.75) is 31.7 Å². The minimum Gasteiger partial charge on any atom is -0.410 e. The summed E-state index contributed by atoms with van der Waals surface area (Å²) in [4.78, 5) is 26.2. The van der Waals surface area contributed by atoms with Crippen LogP contribution in [0.25, 0.3) is 0 Å². The quantitative estimate of drug-likeness (QED) is 0.897. The number of amides is 2. The summed E-state index contributed by atoms with van der Waals surface area (Å²) in [6.45, 7) is 1.34. The lowest BCUT2D eigenvalue weighted by molar-refractivity contribution is -0.132. The average Bonchev–Trinajstić information content (AvgIpc) is 2.68. The number of aryl methyl sites for hydroxylation is 1. The third-order valence-corrected chi connectivity index (χ3v) is 4.59. The van der Waals surface area contributed by atoms with Gasteiger partial charge in [-0.25, -0.2) is 4.79 Å². The summed E-state index contributed by atoms with van der Waals surface area (Å²) in [6, 6.07) is 19.1. The van der Waals surface area contributed by atoms with Gasteiger partial charge in [-0.15, -0.1) is 0 Å². The van der Waals surface area contributed by atoms with Crippen LogP contribution in [0.1, 0.15) is 24.8 Å². The van der Waals surface area contributed by atoms with Crippen LogP contribution < -0.4 is 10.1 Å². The van der Waals surface area contributed by atoms with Crippen LogP contribution in [0.3, 0.4) is 0 Å². The van der Waals surface area contributed by atoms with Crippen molar-refractivity contribution < 1.29 is 14.3 Å². The Balaban J connectivity index is 1.38. The molecule has 2 aromatic rings. The molecule has 1 fully saturated rings. The topological polar surface area (TPSA) is 58.6 Å². The molecule has 136 valence electrons. The molecule has 0 saturated carbocycles. The van der Waals surface area contributed by atoms with Crippen molar-refractivity contribution in [2.24, 2.45) is 0 Å². The molecule has 5 nitrogen and oxygen atoms in total. The van der Waals surface area contributed by atoms with Crippen LogP contribution in [0.4, 0.5) is 4.79 Å². The van der Waals surface area contributed by atoms with Gasteiger partial charge in [0, 0.05) is 25.6 Å². The number of carbonyl (C=O) groups is 2. The highest BCUT2D eigenvalue weighted by molar-refractivity contribution is 5.76. The molecule has 0 atom stereocenters. The lowest BCUT2D eigenvalue weighted by Crippen LogP contribution is -2.47. The fourth-order valence-electron chi connectivity index (χ4n) is 3.12. The highest BCUT2D eigenvalue weighted by atomic mass is 16.6. The number of piperidine rings is 1. The first kappa shape index (κ1) is 18.0. The van der Waals surface area contributed by atoms with Crippen LogP contribution in [0.2, 0.25) is 0 Å². The Morgan fingerprint density at radius 3 is 2.23 bits per heavy atom. The van der Waals surface area contributed by atoms with Gasteiger partial charge < -0.3 is 15.0 Å². The van der Waals surface area contributed by atoms with E-state index >= 15 is 0 Å². The van der Waals surface area contributed by atoms with Crippen molar-refractivity contribution in [3.8, 4) is 5.75 Å². The summed E-state index contributed by atoms with van der Waals surface area (Å²) in [5, 5.41) is 2.89. The Bertz CT molecular complexity index is 711. The molecule has 3 rings (SSSR count). The number of hydrogen-bond acceptors (Lipinski definition) is 3. The number of likely N-dealkylation sites (tertiary alicyclic amines) is 1. The highest BCUT2D eigenvalue weighted by Crippen LogP contribution is 2.14. The lowest BCUT2D eigenvalue weighted by Gasteiger charge is -2.32. The number of hydrogen-bond donors (Lipinski definition) is 1. The smallest absolute Gasteiger partial charge is 0.410 e. The second kappa shape index (κ2) is 9.04. The molecule has 0 unspecified atom stereocenters. The Labute approximate surface area is 154 Å². The van der Waals surface area contributed by atoms with Gasteiger partial charge >= 0.3 is 6.09 Å². The Kier molecular flexibility index (Phi) is 6.25. The maximum absolute atomic E-state index is 12.4. The first-order valence-electron chi connectivity index (χ1n) is 9.06. The number of benzene rings is 2. The number of carbonyl (C=O) groups excluding carboxylic acids is 2. The molecule has 0 spiro atoms. The summed E-state index contributed by atoms with van der Waals surface area (Å²) in [5.41, 5.74) is 1.18. The van der Waals surface area contributed by atoms with E-state index in [1.807, 2.05) is 53.4 Å². The van der Waals surface area contributed by atoms with Crippen molar-refractivity contribution in [1.82, 2.24) is 10.2 Å². The second-order valence-corrected chi connectivity index (χ2v) is 6.49. The molecule has 1 aliphatic rings. The average molecular weight is 352 g/mol. The number of rotatable bonds is 5. The van der Waals surface area contributed by atoms with E-state index in [0.717, 1.165) is 19.3 Å². The molecule has 0 aromatic heterocycles. The van der Waals surface area contributed by atoms with Crippen molar-refractivity contribution in [1.29, 1.82) is 0 Å². The highest BCUT2D eigenvalue weighted by Gasteiger charge is 2.24. The number of ether oxygens (including phenoxy) is 1. The van der Waals surface area contributed by atoms with Gasteiger partial charge in [0.1, 0.15) is 5.75 Å². The molecule has 1 heterocycles. The maximum Gasteiger partial charge on any atom is 0.412 e. The van der Waals surface area contributed by atoms with Gasteiger partial charge in [-0.2, -0.15) is 0 Å². The van der Waals surface area contributed by atoms with Crippen molar-refractivity contribution in [3.05, 3.63) is 66.2 Å². The summed E-state index contributed by atoms with van der Waals surface area (Å²) >= 11 is 0. The van der Waals surface area contributed by atoms with E-state index in [1.165, 1.54) is 5.56 Å². The fraction of sp³-hybridized carbons (Fsp3) is 0.333. The molecule has 0 bridgehead atoms. The molecule has 1 aliphatic heterocycles. The number of para-hydroxylation sites is 1. The lowest BCUT2D eigenvalue weighted by atomic mass is 10.0. The van der Waals surface area contributed by atoms with Gasteiger partial charge in [0.25, 0.3) is 0 Å². The maximum atomic E-state index is 12.4. The normalized spacial score (nSPS) is 14.7. The minimum absolute atomic E-state index is 0.0457. The van der Waals surface area contributed by atoms with E-state index in [0.29, 0.717) is 25.3 Å². The monoisotopic (exact) mass is 352 g/mol. The predicted molar refractivity (Wildman–Crippen MR) is 100.0 cm³/mol. The van der Waals surface area contributed by atoms with E-state index in [1.54, 1.807) is 12.1 Å². The van der Waals surface area contributed by atoms with E-state index in [-0.39, 0.29) is 11.9 Å². The zero-order valence-electron chi connectivity index (χ0n) is 14.8. The first-order chi connectivity index (χ1) is 12.7. The molecule has 0 radical (unpaired) electrons. The predicted octanol–water partition coefficient (Wildman–Crippen LogP) is 3.40. The molecule has 2 amide bonds. The zero-order chi connectivity index (χ0) is 18.2. The largest absolute Gasteiger partial charge is 0.412 e. The molecule has 0 aliphatic carbocycles. The molecule has 5 heteroatoms. The van der Waals surface area contributed by atoms with Crippen LogP contribution >= 0.6 is 0 Å². The van der Waals surface area contributed by atoms with Crippen LogP contribution in [-0.2, 0) is 11.2 Å². The Morgan fingerprint density at radius 1 is 0.962 bits per heavy atom. The van der Waals surface area contributed by atoms with Crippen LogP contribution in [0.15, 0.2) is 60.7 Å². The molecule has 26 heavy (non-hydrogen) atoms. The molecule has 2 aromatic carbocycles. The first-order valence-corrected chi connectivity index (χ1v) is 9.06. The zero-order valence-corrected chi connectivity index (χ0v) is 14.8. The van der Waals surface area contributed by atoms with Gasteiger partial charge in [0.2, 0.25) is 5.91 Å². The van der Waals surface area contributed by atoms with Crippen LogP contribution in [0, 0.1) is 0 Å².